The third-order valence-electron chi connectivity index (χ3n) is 3.34. The number of nitrogens with zero attached hydrogens (tertiary/aromatic N) is 2. The van der Waals surface area contributed by atoms with Crippen LogP contribution in [-0.2, 0) is 14.3 Å². The van der Waals surface area contributed by atoms with Gasteiger partial charge in [0, 0.05) is 52.5 Å². The molecule has 122 valence electrons. The molecule has 1 fully saturated rings. The van der Waals surface area contributed by atoms with E-state index in [1.165, 1.54) is 6.20 Å². The lowest BCUT2D eigenvalue weighted by Crippen LogP contribution is -2.29. The SMILES string of the molecule is COCCCNC(=O)/C(C#N)=C\NCCCN1CCCC1=O. The Balaban J connectivity index is 2.19. The Bertz CT molecular complexity index is 443. The van der Waals surface area contributed by atoms with Crippen LogP contribution in [0.15, 0.2) is 11.8 Å². The molecule has 0 saturated carbocycles. The molecule has 0 radical (unpaired) electrons. The standard InChI is InChI=1S/C15H24N4O3/c1-22-10-4-7-18-15(21)13(11-16)12-17-6-3-9-19-8-2-5-14(19)20/h12,17H,2-10H2,1H3,(H,18,21)/b13-12-. The van der Waals surface area contributed by atoms with Crippen molar-refractivity contribution in [3.63, 3.8) is 0 Å². The average Bonchev–Trinajstić information content (AvgIpc) is 2.92. The van der Waals surface area contributed by atoms with Crippen LogP contribution in [0.25, 0.3) is 0 Å². The summed E-state index contributed by atoms with van der Waals surface area (Å²) in [6.07, 6.45) is 4.51. The summed E-state index contributed by atoms with van der Waals surface area (Å²) in [6, 6.07) is 1.87. The molecule has 0 unspecified atom stereocenters. The van der Waals surface area contributed by atoms with Gasteiger partial charge in [-0.3, -0.25) is 9.59 Å². The van der Waals surface area contributed by atoms with Gasteiger partial charge in [-0.1, -0.05) is 0 Å². The van der Waals surface area contributed by atoms with Gasteiger partial charge in [-0.2, -0.15) is 5.26 Å². The number of hydrogen-bond donors (Lipinski definition) is 2. The Kier molecular flexibility index (Phi) is 8.69. The number of ether oxygens (including phenoxy) is 1. The molecule has 0 spiro atoms. The fourth-order valence-corrected chi connectivity index (χ4v) is 2.15. The number of nitrogens with one attached hydrogen (secondary N) is 2. The van der Waals surface area contributed by atoms with Crippen LogP contribution in [0, 0.1) is 11.3 Å². The maximum Gasteiger partial charge on any atom is 0.263 e. The van der Waals surface area contributed by atoms with E-state index in [0.717, 1.165) is 19.4 Å². The van der Waals surface area contributed by atoms with Gasteiger partial charge < -0.3 is 20.3 Å². The monoisotopic (exact) mass is 308 g/mol. The van der Waals surface area contributed by atoms with E-state index in [4.69, 9.17) is 10.00 Å². The van der Waals surface area contributed by atoms with E-state index in [1.807, 2.05) is 11.0 Å². The van der Waals surface area contributed by atoms with Gasteiger partial charge in [-0.15, -0.1) is 0 Å². The van der Waals surface area contributed by atoms with Crippen LogP contribution >= 0.6 is 0 Å². The lowest BCUT2D eigenvalue weighted by atomic mass is 10.3. The summed E-state index contributed by atoms with van der Waals surface area (Å²) in [5.41, 5.74) is 0.0506. The van der Waals surface area contributed by atoms with E-state index in [-0.39, 0.29) is 17.4 Å². The first-order valence-electron chi connectivity index (χ1n) is 7.57. The zero-order valence-corrected chi connectivity index (χ0v) is 13.1. The quantitative estimate of drug-likeness (QED) is 0.340. The fourth-order valence-electron chi connectivity index (χ4n) is 2.15. The van der Waals surface area contributed by atoms with Crippen LogP contribution in [0.4, 0.5) is 0 Å². The number of likely N-dealkylation sites (tertiary alicyclic amines) is 1. The molecule has 1 heterocycles. The average molecular weight is 308 g/mol. The van der Waals surface area contributed by atoms with Gasteiger partial charge in [0.05, 0.1) is 0 Å². The molecule has 2 amide bonds. The first-order valence-corrected chi connectivity index (χ1v) is 7.57. The third-order valence-corrected chi connectivity index (χ3v) is 3.34. The van der Waals surface area contributed by atoms with E-state index in [1.54, 1.807) is 7.11 Å². The largest absolute Gasteiger partial charge is 0.390 e. The predicted octanol–water partition coefficient (Wildman–Crippen LogP) is 0.149. The van der Waals surface area contributed by atoms with Crippen molar-refractivity contribution in [2.24, 2.45) is 0 Å². The van der Waals surface area contributed by atoms with Crippen molar-refractivity contribution in [1.82, 2.24) is 15.5 Å². The van der Waals surface area contributed by atoms with E-state index >= 15 is 0 Å². The van der Waals surface area contributed by atoms with Gasteiger partial charge in [0.15, 0.2) is 0 Å². The van der Waals surface area contributed by atoms with Crippen LogP contribution in [0.3, 0.4) is 0 Å². The van der Waals surface area contributed by atoms with E-state index in [9.17, 15) is 9.59 Å². The van der Waals surface area contributed by atoms with Crippen molar-refractivity contribution in [3.05, 3.63) is 11.8 Å². The molecule has 0 aromatic rings. The van der Waals surface area contributed by atoms with Crippen LogP contribution < -0.4 is 10.6 Å². The number of carbonyl (C=O) groups excluding carboxylic acids is 2. The maximum absolute atomic E-state index is 11.7. The zero-order valence-electron chi connectivity index (χ0n) is 13.1. The molecule has 0 bridgehead atoms. The minimum atomic E-state index is -0.388. The van der Waals surface area contributed by atoms with Crippen molar-refractivity contribution in [2.45, 2.75) is 25.7 Å². The van der Waals surface area contributed by atoms with E-state index in [2.05, 4.69) is 10.6 Å². The number of methoxy groups -OCH3 is 1. The fraction of sp³-hybridized carbons (Fsp3) is 0.667. The smallest absolute Gasteiger partial charge is 0.263 e. The highest BCUT2D eigenvalue weighted by atomic mass is 16.5. The Labute approximate surface area is 131 Å². The molecule has 0 atom stereocenters. The molecular formula is C15H24N4O3. The van der Waals surface area contributed by atoms with Crippen LogP contribution in [0.5, 0.6) is 0 Å². The van der Waals surface area contributed by atoms with Crippen LogP contribution in [-0.4, -0.2) is 56.6 Å². The summed E-state index contributed by atoms with van der Waals surface area (Å²) >= 11 is 0. The zero-order chi connectivity index (χ0) is 16.2. The number of amides is 2. The van der Waals surface area contributed by atoms with Gasteiger partial charge in [-0.25, -0.2) is 0 Å². The number of hydrogen-bond acceptors (Lipinski definition) is 5. The van der Waals surface area contributed by atoms with Gasteiger partial charge in [0.25, 0.3) is 5.91 Å². The molecule has 0 aromatic carbocycles. The van der Waals surface area contributed by atoms with E-state index < -0.39 is 0 Å². The Morgan fingerprint density at radius 1 is 1.45 bits per heavy atom. The van der Waals surface area contributed by atoms with Gasteiger partial charge in [-0.05, 0) is 19.3 Å². The molecule has 1 saturated heterocycles. The summed E-state index contributed by atoms with van der Waals surface area (Å²) in [7, 11) is 1.60. The first-order chi connectivity index (χ1) is 10.7. The van der Waals surface area contributed by atoms with Gasteiger partial charge in [0.2, 0.25) is 5.91 Å². The Morgan fingerprint density at radius 3 is 2.91 bits per heavy atom. The van der Waals surface area contributed by atoms with Gasteiger partial charge in [0.1, 0.15) is 11.6 Å². The Hall–Kier alpha value is -2.07. The molecule has 1 aliphatic heterocycles. The lowest BCUT2D eigenvalue weighted by Gasteiger charge is -2.14. The summed E-state index contributed by atoms with van der Waals surface area (Å²) in [6.45, 7) is 3.21. The van der Waals surface area contributed by atoms with Crippen molar-refractivity contribution in [3.8, 4) is 6.07 Å². The minimum absolute atomic E-state index is 0.0506. The van der Waals surface area contributed by atoms with Crippen molar-refractivity contribution in [1.29, 1.82) is 5.26 Å². The second-order valence-corrected chi connectivity index (χ2v) is 5.06. The molecule has 7 nitrogen and oxygen atoms in total. The molecule has 22 heavy (non-hydrogen) atoms. The highest BCUT2D eigenvalue weighted by Gasteiger charge is 2.18. The van der Waals surface area contributed by atoms with Crippen molar-refractivity contribution in [2.75, 3.05) is 39.9 Å². The maximum atomic E-state index is 11.7. The summed E-state index contributed by atoms with van der Waals surface area (Å²) in [5.74, 6) is -0.176. The number of rotatable bonds is 10. The summed E-state index contributed by atoms with van der Waals surface area (Å²) in [4.78, 5) is 25.0. The topological polar surface area (TPSA) is 94.5 Å². The molecule has 1 aliphatic rings. The number of carbonyl (C=O) groups is 2. The van der Waals surface area contributed by atoms with Crippen LogP contribution in [0.1, 0.15) is 25.7 Å². The first kappa shape index (κ1) is 18.0. The van der Waals surface area contributed by atoms with Crippen LogP contribution in [0.2, 0.25) is 0 Å². The summed E-state index contributed by atoms with van der Waals surface area (Å²) < 4.78 is 4.88. The molecule has 7 heteroatoms. The Morgan fingerprint density at radius 2 is 2.27 bits per heavy atom. The molecular weight excluding hydrogens is 284 g/mol. The molecule has 0 aliphatic carbocycles. The highest BCUT2D eigenvalue weighted by molar-refractivity contribution is 5.97. The minimum Gasteiger partial charge on any atom is -0.390 e. The van der Waals surface area contributed by atoms with E-state index in [0.29, 0.717) is 39.1 Å². The number of nitriles is 1. The molecule has 1 rings (SSSR count). The highest BCUT2D eigenvalue weighted by Crippen LogP contribution is 2.09. The molecule has 0 aromatic heterocycles. The third kappa shape index (κ3) is 6.59. The lowest BCUT2D eigenvalue weighted by molar-refractivity contribution is -0.127. The molecule has 2 N–H and O–H groups in total. The van der Waals surface area contributed by atoms with Crippen molar-refractivity contribution < 1.29 is 14.3 Å². The second-order valence-electron chi connectivity index (χ2n) is 5.06. The predicted molar refractivity (Wildman–Crippen MR) is 81.6 cm³/mol. The van der Waals surface area contributed by atoms with Gasteiger partial charge >= 0.3 is 0 Å². The second kappa shape index (κ2) is 10.6. The normalized spacial score (nSPS) is 14.8. The summed E-state index contributed by atoms with van der Waals surface area (Å²) in [5, 5.41) is 14.6. The van der Waals surface area contributed by atoms with Crippen molar-refractivity contribution >= 4 is 11.8 Å².